The Morgan fingerprint density at radius 1 is 1.43 bits per heavy atom. The lowest BCUT2D eigenvalue weighted by atomic mass is 9.98. The number of carbonyl (C=O) groups excluding carboxylic acids is 1. The Morgan fingerprint density at radius 3 is 2.57 bits per heavy atom. The quantitative estimate of drug-likeness (QED) is 0.599. The summed E-state index contributed by atoms with van der Waals surface area (Å²) < 4.78 is 0. The minimum Gasteiger partial charge on any atom is -0.293 e. The molecule has 0 aliphatic rings. The van der Waals surface area contributed by atoms with Crippen molar-refractivity contribution in [3.63, 3.8) is 0 Å². The van der Waals surface area contributed by atoms with E-state index in [0.29, 0.717) is 16.5 Å². The van der Waals surface area contributed by atoms with E-state index in [1.165, 1.54) is 0 Å². The summed E-state index contributed by atoms with van der Waals surface area (Å²) in [6.45, 7) is 3.68. The van der Waals surface area contributed by atoms with Crippen molar-refractivity contribution in [1.29, 1.82) is 5.26 Å². The zero-order valence-electron chi connectivity index (χ0n) is 8.10. The Morgan fingerprint density at radius 2 is 2.07 bits per heavy atom. The van der Waals surface area contributed by atoms with Gasteiger partial charge in [0, 0.05) is 5.56 Å². The normalized spacial score (nSPS) is 9.57. The van der Waals surface area contributed by atoms with Crippen LogP contribution in [0.2, 0.25) is 0 Å². The number of ketones is 1. The van der Waals surface area contributed by atoms with Crippen LogP contribution in [0, 0.1) is 25.2 Å². The lowest BCUT2D eigenvalue weighted by molar-refractivity contribution is 0.102. The van der Waals surface area contributed by atoms with Crippen LogP contribution >= 0.6 is 15.9 Å². The van der Waals surface area contributed by atoms with E-state index in [0.717, 1.165) is 11.1 Å². The van der Waals surface area contributed by atoms with Crippen LogP contribution in [0.1, 0.15) is 27.0 Å². The molecule has 0 aromatic heterocycles. The number of nitriles is 1. The van der Waals surface area contributed by atoms with Crippen LogP contribution in [-0.2, 0) is 0 Å². The molecule has 0 aliphatic heterocycles. The molecule has 1 aromatic carbocycles. The van der Waals surface area contributed by atoms with Gasteiger partial charge < -0.3 is 0 Å². The molecule has 0 saturated heterocycles. The Balaban J connectivity index is 3.30. The van der Waals surface area contributed by atoms with Crippen LogP contribution in [-0.4, -0.2) is 11.1 Å². The molecule has 3 heteroatoms. The summed E-state index contributed by atoms with van der Waals surface area (Å²) in [5.74, 6) is 0.0510. The van der Waals surface area contributed by atoms with Gasteiger partial charge in [-0.1, -0.05) is 15.9 Å². The lowest BCUT2D eigenvalue weighted by Crippen LogP contribution is -2.04. The first-order chi connectivity index (χ1) is 6.60. The second-order valence-corrected chi connectivity index (χ2v) is 3.71. The molecule has 0 bridgehead atoms. The van der Waals surface area contributed by atoms with E-state index in [9.17, 15) is 4.79 Å². The van der Waals surface area contributed by atoms with Crippen LogP contribution in [0.25, 0.3) is 0 Å². The van der Waals surface area contributed by atoms with Gasteiger partial charge in [0.2, 0.25) is 0 Å². The summed E-state index contributed by atoms with van der Waals surface area (Å²) in [5.41, 5.74) is 3.03. The second kappa shape index (κ2) is 4.39. The number of rotatable bonds is 2. The van der Waals surface area contributed by atoms with Gasteiger partial charge in [-0.3, -0.25) is 4.79 Å². The molecule has 0 radical (unpaired) electrons. The second-order valence-electron chi connectivity index (χ2n) is 3.15. The zero-order valence-corrected chi connectivity index (χ0v) is 9.68. The molecule has 0 fully saturated rings. The Hall–Kier alpha value is -1.14. The van der Waals surface area contributed by atoms with Crippen LogP contribution < -0.4 is 0 Å². The largest absolute Gasteiger partial charge is 0.293 e. The fraction of sp³-hybridized carbons (Fsp3) is 0.273. The van der Waals surface area contributed by atoms with Gasteiger partial charge in [0.15, 0.2) is 5.78 Å². The van der Waals surface area contributed by atoms with Crippen LogP contribution in [0.4, 0.5) is 0 Å². The number of alkyl halides is 1. The van der Waals surface area contributed by atoms with Gasteiger partial charge in [0.1, 0.15) is 0 Å². The predicted molar refractivity (Wildman–Crippen MR) is 58.8 cm³/mol. The maximum absolute atomic E-state index is 11.5. The smallest absolute Gasteiger partial charge is 0.173 e. The summed E-state index contributed by atoms with van der Waals surface area (Å²) in [6.07, 6.45) is 0. The van der Waals surface area contributed by atoms with Crippen LogP contribution in [0.5, 0.6) is 0 Å². The monoisotopic (exact) mass is 251 g/mol. The van der Waals surface area contributed by atoms with Gasteiger partial charge in [-0.25, -0.2) is 0 Å². The zero-order chi connectivity index (χ0) is 10.7. The first-order valence-electron chi connectivity index (χ1n) is 4.20. The third-order valence-corrected chi connectivity index (χ3v) is 2.62. The number of benzene rings is 1. The van der Waals surface area contributed by atoms with Crippen molar-refractivity contribution in [1.82, 2.24) is 0 Å². The molecule has 1 aromatic rings. The van der Waals surface area contributed by atoms with Gasteiger partial charge in [-0.2, -0.15) is 5.26 Å². The maximum Gasteiger partial charge on any atom is 0.173 e. The number of carbonyl (C=O) groups is 1. The Kier molecular flexibility index (Phi) is 3.43. The van der Waals surface area contributed by atoms with Crippen molar-refractivity contribution >= 4 is 21.7 Å². The molecular weight excluding hydrogens is 242 g/mol. The molecule has 2 nitrogen and oxygen atoms in total. The molecule has 0 aliphatic carbocycles. The van der Waals surface area contributed by atoms with Crippen molar-refractivity contribution in [2.45, 2.75) is 13.8 Å². The van der Waals surface area contributed by atoms with Crippen molar-refractivity contribution in [2.75, 3.05) is 5.33 Å². The molecule has 14 heavy (non-hydrogen) atoms. The third-order valence-electron chi connectivity index (χ3n) is 2.11. The molecule has 0 amide bonds. The predicted octanol–water partition coefficient (Wildman–Crippen LogP) is 2.75. The summed E-state index contributed by atoms with van der Waals surface area (Å²) in [7, 11) is 0. The molecular formula is C11H10BrNO. The molecule has 72 valence electrons. The SMILES string of the molecule is Cc1cc(C(=O)CBr)c(C)cc1C#N. The van der Waals surface area contributed by atoms with Crippen molar-refractivity contribution < 1.29 is 4.79 Å². The van der Waals surface area contributed by atoms with E-state index in [-0.39, 0.29) is 5.78 Å². The molecule has 0 spiro atoms. The number of aryl methyl sites for hydroxylation is 2. The van der Waals surface area contributed by atoms with Crippen molar-refractivity contribution in [3.05, 3.63) is 34.4 Å². The number of nitrogens with zero attached hydrogens (tertiary/aromatic N) is 1. The van der Waals surface area contributed by atoms with Gasteiger partial charge in [-0.05, 0) is 37.1 Å². The summed E-state index contributed by atoms with van der Waals surface area (Å²) in [6, 6.07) is 5.63. The molecule has 0 heterocycles. The number of hydrogen-bond acceptors (Lipinski definition) is 2. The van der Waals surface area contributed by atoms with Crippen molar-refractivity contribution in [3.8, 4) is 6.07 Å². The third kappa shape index (κ3) is 2.02. The minimum absolute atomic E-state index is 0.0510. The molecule has 0 N–H and O–H groups in total. The lowest BCUT2D eigenvalue weighted by Gasteiger charge is -2.05. The molecule has 1 rings (SSSR count). The first kappa shape index (κ1) is 10.9. The number of hydrogen-bond donors (Lipinski definition) is 0. The molecule has 0 unspecified atom stereocenters. The topological polar surface area (TPSA) is 40.9 Å². The summed E-state index contributed by atoms with van der Waals surface area (Å²) >= 11 is 3.13. The van der Waals surface area contributed by atoms with Gasteiger partial charge >= 0.3 is 0 Å². The average Bonchev–Trinajstić information content (AvgIpc) is 2.19. The fourth-order valence-corrected chi connectivity index (χ4v) is 1.61. The summed E-state index contributed by atoms with van der Waals surface area (Å²) in [5, 5.41) is 9.10. The number of Topliss-reactive ketones (excluding diaryl/α,β-unsaturated/α-hetero) is 1. The van der Waals surface area contributed by atoms with E-state index < -0.39 is 0 Å². The average molecular weight is 252 g/mol. The maximum atomic E-state index is 11.5. The fourth-order valence-electron chi connectivity index (χ4n) is 1.31. The van der Waals surface area contributed by atoms with E-state index in [2.05, 4.69) is 22.0 Å². The molecule has 0 atom stereocenters. The Labute approximate surface area is 91.7 Å². The van der Waals surface area contributed by atoms with E-state index in [1.54, 1.807) is 12.1 Å². The van der Waals surface area contributed by atoms with E-state index in [4.69, 9.17) is 5.26 Å². The van der Waals surface area contributed by atoms with E-state index in [1.807, 2.05) is 13.8 Å². The minimum atomic E-state index is 0.0510. The van der Waals surface area contributed by atoms with Gasteiger partial charge in [0.25, 0.3) is 0 Å². The van der Waals surface area contributed by atoms with E-state index >= 15 is 0 Å². The molecule has 0 saturated carbocycles. The van der Waals surface area contributed by atoms with Crippen LogP contribution in [0.3, 0.4) is 0 Å². The first-order valence-corrected chi connectivity index (χ1v) is 5.32. The summed E-state index contributed by atoms with van der Waals surface area (Å²) in [4.78, 5) is 11.5. The van der Waals surface area contributed by atoms with Crippen LogP contribution in [0.15, 0.2) is 12.1 Å². The highest BCUT2D eigenvalue weighted by Gasteiger charge is 2.09. The van der Waals surface area contributed by atoms with Crippen molar-refractivity contribution in [2.24, 2.45) is 0 Å². The van der Waals surface area contributed by atoms with Gasteiger partial charge in [0.05, 0.1) is 17.0 Å². The number of halogens is 1. The van der Waals surface area contributed by atoms with Gasteiger partial charge in [-0.15, -0.1) is 0 Å². The Bertz CT molecular complexity index is 418. The highest BCUT2D eigenvalue weighted by Crippen LogP contribution is 2.16. The standard InChI is InChI=1S/C11H10BrNO/c1-7-4-10(11(14)5-12)8(2)3-9(7)6-13/h3-4H,5H2,1-2H3. The highest BCUT2D eigenvalue weighted by molar-refractivity contribution is 9.09. The highest BCUT2D eigenvalue weighted by atomic mass is 79.9.